The van der Waals surface area contributed by atoms with Crippen LogP contribution in [0, 0.1) is 11.6 Å². The molecular weight excluding hydrogens is 442 g/mol. The highest BCUT2D eigenvalue weighted by Gasteiger charge is 2.40. The fraction of sp³-hybridized carbons (Fsp3) is 0.240. The molecule has 1 aliphatic rings. The van der Waals surface area contributed by atoms with Gasteiger partial charge in [-0.2, -0.15) is 0 Å². The SMILES string of the molecule is CC(C)c1ccc(C2=NOC(C)(C)C2=O)cc1-c1cnc(NC(=O)c2c(F)cccc2F)cn1. The minimum Gasteiger partial charge on any atom is -0.381 e. The first kappa shape index (κ1) is 23.2. The average Bonchev–Trinajstić information content (AvgIpc) is 3.06. The summed E-state index contributed by atoms with van der Waals surface area (Å²) in [4.78, 5) is 38.8. The second kappa shape index (κ2) is 8.74. The lowest BCUT2D eigenvalue weighted by molar-refractivity contribution is -0.128. The van der Waals surface area contributed by atoms with Gasteiger partial charge in [0.15, 0.2) is 17.1 Å². The van der Waals surface area contributed by atoms with Crippen LogP contribution in [0.25, 0.3) is 11.3 Å². The van der Waals surface area contributed by atoms with Crippen LogP contribution < -0.4 is 5.32 Å². The molecule has 174 valence electrons. The first-order chi connectivity index (χ1) is 16.1. The fourth-order valence-corrected chi connectivity index (χ4v) is 3.57. The molecule has 0 unspecified atom stereocenters. The second-order valence-corrected chi connectivity index (χ2v) is 8.67. The van der Waals surface area contributed by atoms with Crippen molar-refractivity contribution in [2.45, 2.75) is 39.2 Å². The summed E-state index contributed by atoms with van der Waals surface area (Å²) in [7, 11) is 0. The zero-order chi connectivity index (χ0) is 24.6. The minimum absolute atomic E-state index is 0.0316. The number of Topliss-reactive ketones (excluding diaryl/α,β-unsaturated/α-hetero) is 1. The van der Waals surface area contributed by atoms with E-state index < -0.39 is 28.7 Å². The standard InChI is InChI=1S/C25H22F2N4O3/c1-13(2)15-9-8-14(22-23(32)25(3,4)34-31-22)10-16(15)19-11-29-20(12-28-19)30-24(33)21-17(26)6-5-7-18(21)27/h5-13H,1-4H3,(H,29,30,33). The summed E-state index contributed by atoms with van der Waals surface area (Å²) in [5, 5.41) is 6.32. The van der Waals surface area contributed by atoms with Crippen molar-refractivity contribution in [3.8, 4) is 11.3 Å². The van der Waals surface area contributed by atoms with E-state index in [0.29, 0.717) is 11.3 Å². The van der Waals surface area contributed by atoms with E-state index in [1.54, 1.807) is 19.9 Å². The van der Waals surface area contributed by atoms with Crippen LogP contribution in [0.2, 0.25) is 0 Å². The number of nitrogens with one attached hydrogen (secondary N) is 1. The highest BCUT2D eigenvalue weighted by Crippen LogP contribution is 2.31. The van der Waals surface area contributed by atoms with Crippen LogP contribution in [0.3, 0.4) is 0 Å². The third-order valence-electron chi connectivity index (χ3n) is 5.44. The number of rotatable bonds is 5. The van der Waals surface area contributed by atoms with Gasteiger partial charge in [0.25, 0.3) is 5.91 Å². The van der Waals surface area contributed by atoms with Gasteiger partial charge in [0.1, 0.15) is 17.2 Å². The van der Waals surface area contributed by atoms with Gasteiger partial charge in [-0.3, -0.25) is 14.6 Å². The molecule has 1 N–H and O–H groups in total. The second-order valence-electron chi connectivity index (χ2n) is 8.67. The van der Waals surface area contributed by atoms with Gasteiger partial charge in [-0.25, -0.2) is 13.8 Å². The van der Waals surface area contributed by atoms with Crippen molar-refractivity contribution in [2.75, 3.05) is 5.32 Å². The molecule has 0 bridgehead atoms. The smallest absolute Gasteiger partial charge is 0.262 e. The van der Waals surface area contributed by atoms with E-state index in [9.17, 15) is 18.4 Å². The predicted molar refractivity (Wildman–Crippen MR) is 123 cm³/mol. The Kier molecular flexibility index (Phi) is 5.95. The van der Waals surface area contributed by atoms with Crippen molar-refractivity contribution >= 4 is 23.2 Å². The number of nitrogens with zero attached hydrogens (tertiary/aromatic N) is 3. The Labute approximate surface area is 194 Å². The number of aromatic nitrogens is 2. The Hall–Kier alpha value is -4.01. The summed E-state index contributed by atoms with van der Waals surface area (Å²) in [5.74, 6) is -2.97. The normalized spacial score (nSPS) is 14.7. The molecule has 2 heterocycles. The first-order valence-electron chi connectivity index (χ1n) is 10.6. The Morgan fingerprint density at radius 1 is 1.06 bits per heavy atom. The number of ketones is 1. The maximum absolute atomic E-state index is 13.9. The van der Waals surface area contributed by atoms with Gasteiger partial charge in [-0.1, -0.05) is 37.2 Å². The topological polar surface area (TPSA) is 93.5 Å². The number of oxime groups is 1. The summed E-state index contributed by atoms with van der Waals surface area (Å²) in [5.41, 5.74) is 1.29. The van der Waals surface area contributed by atoms with Gasteiger partial charge in [-0.05, 0) is 43.5 Å². The zero-order valence-corrected chi connectivity index (χ0v) is 19.0. The molecule has 9 heteroatoms. The summed E-state index contributed by atoms with van der Waals surface area (Å²) in [6.07, 6.45) is 2.74. The van der Waals surface area contributed by atoms with Gasteiger partial charge in [0, 0.05) is 11.1 Å². The summed E-state index contributed by atoms with van der Waals surface area (Å²) in [6, 6.07) is 8.68. The van der Waals surface area contributed by atoms with Gasteiger partial charge in [-0.15, -0.1) is 0 Å². The highest BCUT2D eigenvalue weighted by molar-refractivity contribution is 6.49. The molecule has 7 nitrogen and oxygen atoms in total. The quantitative estimate of drug-likeness (QED) is 0.581. The zero-order valence-electron chi connectivity index (χ0n) is 19.0. The van der Waals surface area contributed by atoms with Crippen LogP contribution in [0.1, 0.15) is 55.1 Å². The van der Waals surface area contributed by atoms with Gasteiger partial charge in [0.2, 0.25) is 5.78 Å². The minimum atomic E-state index is -1.02. The molecule has 0 saturated heterocycles. The molecule has 2 aromatic carbocycles. The lowest BCUT2D eigenvalue weighted by Crippen LogP contribution is -2.33. The molecule has 1 aliphatic heterocycles. The Morgan fingerprint density at radius 2 is 1.76 bits per heavy atom. The van der Waals surface area contributed by atoms with E-state index >= 15 is 0 Å². The number of hydrogen-bond acceptors (Lipinski definition) is 6. The average molecular weight is 464 g/mol. The Balaban J connectivity index is 1.64. The lowest BCUT2D eigenvalue weighted by Gasteiger charge is -2.15. The summed E-state index contributed by atoms with van der Waals surface area (Å²) >= 11 is 0. The fourth-order valence-electron chi connectivity index (χ4n) is 3.57. The van der Waals surface area contributed by atoms with Crippen molar-refractivity contribution in [2.24, 2.45) is 5.16 Å². The number of benzene rings is 2. The van der Waals surface area contributed by atoms with Crippen LogP contribution in [0.15, 0.2) is 53.9 Å². The molecule has 0 saturated carbocycles. The molecule has 34 heavy (non-hydrogen) atoms. The molecule has 0 fully saturated rings. The first-order valence-corrected chi connectivity index (χ1v) is 10.6. The Morgan fingerprint density at radius 3 is 2.32 bits per heavy atom. The van der Waals surface area contributed by atoms with Crippen LogP contribution in [0.5, 0.6) is 0 Å². The van der Waals surface area contributed by atoms with Gasteiger partial charge >= 0.3 is 0 Å². The van der Waals surface area contributed by atoms with Crippen LogP contribution in [0.4, 0.5) is 14.6 Å². The number of hydrogen-bond donors (Lipinski definition) is 1. The van der Waals surface area contributed by atoms with Gasteiger partial charge < -0.3 is 10.2 Å². The number of carbonyl (C=O) groups is 2. The van der Waals surface area contributed by atoms with Crippen molar-refractivity contribution in [1.29, 1.82) is 0 Å². The molecule has 3 aromatic rings. The van der Waals surface area contributed by atoms with Crippen molar-refractivity contribution in [3.63, 3.8) is 0 Å². The third-order valence-corrected chi connectivity index (χ3v) is 5.44. The van der Waals surface area contributed by atoms with E-state index in [1.807, 2.05) is 26.0 Å². The number of halogens is 2. The Bertz CT molecular complexity index is 1300. The number of anilines is 1. The molecule has 0 aliphatic carbocycles. The molecule has 4 rings (SSSR count). The van der Waals surface area contributed by atoms with Crippen LogP contribution in [-0.4, -0.2) is 33.0 Å². The number of carbonyl (C=O) groups excluding carboxylic acids is 2. The third kappa shape index (κ3) is 4.28. The molecule has 0 radical (unpaired) electrons. The molecule has 0 spiro atoms. The van der Waals surface area contributed by atoms with Crippen molar-refractivity contribution in [1.82, 2.24) is 9.97 Å². The van der Waals surface area contributed by atoms with E-state index in [4.69, 9.17) is 4.84 Å². The highest BCUT2D eigenvalue weighted by atomic mass is 19.1. The molecular formula is C25H22F2N4O3. The van der Waals surface area contributed by atoms with Crippen LogP contribution in [-0.2, 0) is 9.63 Å². The van der Waals surface area contributed by atoms with Crippen LogP contribution >= 0.6 is 0 Å². The maximum Gasteiger partial charge on any atom is 0.262 e. The van der Waals surface area contributed by atoms with Crippen molar-refractivity contribution in [3.05, 3.63) is 77.1 Å². The summed E-state index contributed by atoms with van der Waals surface area (Å²) < 4.78 is 27.7. The molecule has 1 aromatic heterocycles. The van der Waals surface area contributed by atoms with E-state index in [-0.39, 0.29) is 23.2 Å². The maximum atomic E-state index is 13.9. The lowest BCUT2D eigenvalue weighted by atomic mass is 9.90. The molecule has 1 amide bonds. The van der Waals surface area contributed by atoms with Crippen molar-refractivity contribution < 1.29 is 23.2 Å². The molecule has 0 atom stereocenters. The van der Waals surface area contributed by atoms with E-state index in [0.717, 1.165) is 23.3 Å². The predicted octanol–water partition coefficient (Wildman–Crippen LogP) is 4.88. The van der Waals surface area contributed by atoms with E-state index in [1.165, 1.54) is 18.5 Å². The van der Waals surface area contributed by atoms with Gasteiger partial charge in [0.05, 0.1) is 18.1 Å². The summed E-state index contributed by atoms with van der Waals surface area (Å²) in [6.45, 7) is 7.35. The largest absolute Gasteiger partial charge is 0.381 e. The van der Waals surface area contributed by atoms with E-state index in [2.05, 4.69) is 20.4 Å². The number of amides is 1. The monoisotopic (exact) mass is 464 g/mol.